The highest BCUT2D eigenvalue weighted by Gasteiger charge is 2.05. The first-order valence-corrected chi connectivity index (χ1v) is 10.8. The van der Waals surface area contributed by atoms with Crippen molar-refractivity contribution >= 4 is 41.3 Å². The van der Waals surface area contributed by atoms with E-state index in [-0.39, 0.29) is 24.0 Å². The van der Waals surface area contributed by atoms with Gasteiger partial charge in [0.05, 0.1) is 12.9 Å². The van der Waals surface area contributed by atoms with Gasteiger partial charge in [-0.3, -0.25) is 0 Å². The Morgan fingerprint density at radius 3 is 2.65 bits per heavy atom. The number of rotatable bonds is 8. The van der Waals surface area contributed by atoms with Crippen LogP contribution in [0.1, 0.15) is 16.0 Å². The summed E-state index contributed by atoms with van der Waals surface area (Å²) in [5, 5.41) is 5.30. The van der Waals surface area contributed by atoms with Gasteiger partial charge in [-0.15, -0.1) is 35.3 Å². The van der Waals surface area contributed by atoms with Gasteiger partial charge >= 0.3 is 0 Å². The molecule has 0 fully saturated rings. The van der Waals surface area contributed by atoms with Gasteiger partial charge in [-0.25, -0.2) is 9.98 Å². The highest BCUT2D eigenvalue weighted by atomic mass is 127. The molecule has 4 rings (SSSR count). The van der Waals surface area contributed by atoms with E-state index in [9.17, 15) is 0 Å². The zero-order valence-electron chi connectivity index (χ0n) is 17.1. The van der Waals surface area contributed by atoms with E-state index in [1.807, 2.05) is 18.6 Å². The molecule has 5 nitrogen and oxygen atoms in total. The minimum Gasteiger partial charge on any atom is -0.370 e. The fraction of sp³-hybridized carbons (Fsp3) is 0.167. The summed E-state index contributed by atoms with van der Waals surface area (Å²) in [4.78, 5) is 9.98. The molecular weight excluding hydrogens is 517 g/mol. The Hall–Kier alpha value is -2.65. The third-order valence-electron chi connectivity index (χ3n) is 4.88. The van der Waals surface area contributed by atoms with Gasteiger partial charge in [0, 0.05) is 30.4 Å². The molecule has 0 saturated heterocycles. The number of hydrogen-bond donors (Lipinski definition) is 2. The zero-order valence-corrected chi connectivity index (χ0v) is 20.3. The van der Waals surface area contributed by atoms with E-state index in [1.54, 1.807) is 17.5 Å². The van der Waals surface area contributed by atoms with Crippen molar-refractivity contribution in [2.75, 3.05) is 6.54 Å². The van der Waals surface area contributed by atoms with E-state index in [1.165, 1.54) is 21.6 Å². The maximum absolute atomic E-state index is 6.07. The lowest BCUT2D eigenvalue weighted by Gasteiger charge is -2.10. The molecule has 0 atom stereocenters. The number of thiophene rings is 1. The topological polar surface area (TPSA) is 68.2 Å². The maximum atomic E-state index is 6.07. The summed E-state index contributed by atoms with van der Waals surface area (Å²) in [5.74, 6) is 0.483. The second-order valence-electron chi connectivity index (χ2n) is 7.05. The zero-order chi connectivity index (χ0) is 20.6. The second kappa shape index (κ2) is 11.7. The van der Waals surface area contributed by atoms with E-state index in [2.05, 4.69) is 79.8 Å². The quantitative estimate of drug-likeness (QED) is 0.188. The van der Waals surface area contributed by atoms with Crippen molar-refractivity contribution in [2.24, 2.45) is 10.7 Å². The molecule has 3 N–H and O–H groups in total. The largest absolute Gasteiger partial charge is 0.370 e. The molecule has 0 amide bonds. The summed E-state index contributed by atoms with van der Waals surface area (Å²) in [6.45, 7) is 2.15. The summed E-state index contributed by atoms with van der Waals surface area (Å²) < 4.78 is 2.06. The minimum atomic E-state index is 0. The molecule has 0 aliphatic heterocycles. The Balaban J connectivity index is 0.00000272. The van der Waals surface area contributed by atoms with E-state index >= 15 is 0 Å². The van der Waals surface area contributed by atoms with Crippen molar-refractivity contribution in [3.05, 3.63) is 101 Å². The SMILES string of the molecule is I.NC(=NCc1ccccc1-c1ccc(Cn2ccnc2)cc1)NCCc1cccs1. The molecule has 2 aromatic carbocycles. The third kappa shape index (κ3) is 6.67. The molecule has 0 aliphatic carbocycles. The van der Waals surface area contributed by atoms with Crippen LogP contribution in [0.5, 0.6) is 0 Å². The normalized spacial score (nSPS) is 11.2. The number of benzene rings is 2. The lowest BCUT2D eigenvalue weighted by Crippen LogP contribution is -2.33. The van der Waals surface area contributed by atoms with Crippen molar-refractivity contribution in [1.82, 2.24) is 14.9 Å². The van der Waals surface area contributed by atoms with Crippen LogP contribution in [-0.4, -0.2) is 22.1 Å². The van der Waals surface area contributed by atoms with Crippen LogP contribution in [0.15, 0.2) is 89.8 Å². The first kappa shape index (κ1) is 23.0. The van der Waals surface area contributed by atoms with E-state index in [0.717, 1.165) is 25.1 Å². The van der Waals surface area contributed by atoms with E-state index in [4.69, 9.17) is 5.73 Å². The van der Waals surface area contributed by atoms with Crippen LogP contribution < -0.4 is 11.1 Å². The molecule has 160 valence electrons. The molecule has 0 spiro atoms. The van der Waals surface area contributed by atoms with Gasteiger partial charge in [-0.2, -0.15) is 0 Å². The van der Waals surface area contributed by atoms with E-state index in [0.29, 0.717) is 12.5 Å². The van der Waals surface area contributed by atoms with Crippen molar-refractivity contribution in [3.8, 4) is 11.1 Å². The minimum absolute atomic E-state index is 0. The number of halogens is 1. The van der Waals surface area contributed by atoms with Gasteiger partial charge in [0.15, 0.2) is 5.96 Å². The maximum Gasteiger partial charge on any atom is 0.188 e. The van der Waals surface area contributed by atoms with Crippen molar-refractivity contribution in [1.29, 1.82) is 0 Å². The molecule has 7 heteroatoms. The standard InChI is InChI=1S/C24H25N5S.HI/c25-24(27-12-11-22-5-3-15-30-22)28-16-21-4-1-2-6-23(21)20-9-7-19(8-10-20)17-29-14-13-26-18-29;/h1-10,13-15,18H,11-12,16-17H2,(H3,25,27,28);1H. The lowest BCUT2D eigenvalue weighted by atomic mass is 9.98. The highest BCUT2D eigenvalue weighted by Crippen LogP contribution is 2.25. The second-order valence-corrected chi connectivity index (χ2v) is 8.08. The van der Waals surface area contributed by atoms with Crippen molar-refractivity contribution < 1.29 is 0 Å². The van der Waals surface area contributed by atoms with Gasteiger partial charge in [0.1, 0.15) is 0 Å². The van der Waals surface area contributed by atoms with Gasteiger partial charge in [0.2, 0.25) is 0 Å². The summed E-state index contributed by atoms with van der Waals surface area (Å²) in [5.41, 5.74) is 10.8. The number of nitrogens with one attached hydrogen (secondary N) is 1. The van der Waals surface area contributed by atoms with Gasteiger partial charge < -0.3 is 15.6 Å². The predicted octanol–water partition coefficient (Wildman–Crippen LogP) is 4.92. The van der Waals surface area contributed by atoms with E-state index < -0.39 is 0 Å². The van der Waals surface area contributed by atoms with Gasteiger partial charge in [-0.05, 0) is 40.1 Å². The van der Waals surface area contributed by atoms with Crippen LogP contribution >= 0.6 is 35.3 Å². The number of nitrogens with two attached hydrogens (primary N) is 1. The number of aromatic nitrogens is 2. The fourth-order valence-electron chi connectivity index (χ4n) is 3.32. The Kier molecular flexibility index (Phi) is 8.66. The third-order valence-corrected chi connectivity index (χ3v) is 5.82. The molecule has 0 radical (unpaired) electrons. The summed E-state index contributed by atoms with van der Waals surface area (Å²) in [7, 11) is 0. The number of nitrogens with zero attached hydrogens (tertiary/aromatic N) is 3. The predicted molar refractivity (Wildman–Crippen MR) is 140 cm³/mol. The van der Waals surface area contributed by atoms with Crippen LogP contribution in [0, 0.1) is 0 Å². The summed E-state index contributed by atoms with van der Waals surface area (Å²) in [6.07, 6.45) is 6.56. The molecule has 4 aromatic rings. The Morgan fingerprint density at radius 1 is 1.06 bits per heavy atom. The van der Waals surface area contributed by atoms with Gasteiger partial charge in [-0.1, -0.05) is 54.6 Å². The summed E-state index contributed by atoms with van der Waals surface area (Å²) >= 11 is 1.76. The number of hydrogen-bond acceptors (Lipinski definition) is 3. The number of guanidine groups is 1. The monoisotopic (exact) mass is 543 g/mol. The Bertz CT molecular complexity index is 1070. The molecule has 0 aliphatic rings. The summed E-state index contributed by atoms with van der Waals surface area (Å²) in [6, 6.07) is 21.2. The molecule has 31 heavy (non-hydrogen) atoms. The first-order chi connectivity index (χ1) is 14.8. The first-order valence-electron chi connectivity index (χ1n) is 9.97. The number of imidazole rings is 1. The molecule has 2 aromatic heterocycles. The molecule has 0 saturated carbocycles. The molecule has 2 heterocycles. The average Bonchev–Trinajstić information content (AvgIpc) is 3.48. The van der Waals surface area contributed by atoms with Crippen LogP contribution in [0.3, 0.4) is 0 Å². The highest BCUT2D eigenvalue weighted by molar-refractivity contribution is 14.0. The van der Waals surface area contributed by atoms with Crippen LogP contribution in [0.25, 0.3) is 11.1 Å². The van der Waals surface area contributed by atoms with Crippen molar-refractivity contribution in [2.45, 2.75) is 19.5 Å². The smallest absolute Gasteiger partial charge is 0.188 e. The lowest BCUT2D eigenvalue weighted by molar-refractivity contribution is 0.797. The van der Waals surface area contributed by atoms with Crippen LogP contribution in [0.4, 0.5) is 0 Å². The fourth-order valence-corrected chi connectivity index (χ4v) is 4.02. The van der Waals surface area contributed by atoms with Crippen LogP contribution in [-0.2, 0) is 19.5 Å². The molecular formula is C24H26IN5S. The Labute approximate surface area is 204 Å². The Morgan fingerprint density at radius 2 is 1.90 bits per heavy atom. The van der Waals surface area contributed by atoms with Crippen LogP contribution in [0.2, 0.25) is 0 Å². The average molecular weight is 543 g/mol. The van der Waals surface area contributed by atoms with Crippen molar-refractivity contribution in [3.63, 3.8) is 0 Å². The molecule has 0 bridgehead atoms. The number of aliphatic imine (C=N–C) groups is 1. The van der Waals surface area contributed by atoms with Gasteiger partial charge in [0.25, 0.3) is 0 Å². The molecule has 0 unspecified atom stereocenters.